The van der Waals surface area contributed by atoms with Crippen molar-refractivity contribution in [1.29, 1.82) is 0 Å². The normalized spacial score (nSPS) is 15.3. The summed E-state index contributed by atoms with van der Waals surface area (Å²) < 4.78 is 5.13. The maximum absolute atomic E-state index is 13.4. The number of nitrogens with one attached hydrogen (secondary N) is 2. The van der Waals surface area contributed by atoms with Crippen molar-refractivity contribution in [3.63, 3.8) is 0 Å². The summed E-state index contributed by atoms with van der Waals surface area (Å²) in [6.07, 6.45) is -0.208. The summed E-state index contributed by atoms with van der Waals surface area (Å²) in [5, 5.41) is 4.13. The first kappa shape index (κ1) is 22.9. The van der Waals surface area contributed by atoms with Gasteiger partial charge in [-0.05, 0) is 60.7 Å². The first-order valence-corrected chi connectivity index (χ1v) is 10.9. The summed E-state index contributed by atoms with van der Waals surface area (Å²) in [6.45, 7) is 0. The van der Waals surface area contributed by atoms with Gasteiger partial charge in [0.2, 0.25) is 11.0 Å². The molecule has 1 atom stereocenters. The Morgan fingerprint density at radius 2 is 1.56 bits per heavy atom. The SMILES string of the molecule is COc1ccc(C(=O)NN2C(=S)N(c3ccccc3)C(=O)C2CC(=O)Nc2ccccc2)cc1. The number of hydrogen-bond donors (Lipinski definition) is 2. The van der Waals surface area contributed by atoms with E-state index in [0.717, 1.165) is 0 Å². The molecule has 0 aliphatic carbocycles. The molecule has 1 aliphatic rings. The monoisotopic (exact) mass is 474 g/mol. The molecule has 34 heavy (non-hydrogen) atoms. The summed E-state index contributed by atoms with van der Waals surface area (Å²) >= 11 is 5.55. The van der Waals surface area contributed by atoms with Gasteiger partial charge in [0, 0.05) is 11.3 Å². The molecule has 0 bridgehead atoms. The van der Waals surface area contributed by atoms with E-state index in [0.29, 0.717) is 22.7 Å². The van der Waals surface area contributed by atoms with Gasteiger partial charge >= 0.3 is 0 Å². The van der Waals surface area contributed by atoms with E-state index in [1.807, 2.05) is 12.1 Å². The van der Waals surface area contributed by atoms with Crippen LogP contribution >= 0.6 is 12.2 Å². The molecule has 4 rings (SSSR count). The number of amides is 3. The van der Waals surface area contributed by atoms with Crippen LogP contribution in [0.5, 0.6) is 5.75 Å². The van der Waals surface area contributed by atoms with Crippen molar-refractivity contribution in [2.75, 3.05) is 17.3 Å². The van der Waals surface area contributed by atoms with Crippen molar-refractivity contribution in [1.82, 2.24) is 10.4 Å². The summed E-state index contributed by atoms with van der Waals surface area (Å²) in [7, 11) is 1.53. The van der Waals surface area contributed by atoms with Crippen molar-refractivity contribution >= 4 is 46.4 Å². The molecule has 8 nitrogen and oxygen atoms in total. The zero-order chi connectivity index (χ0) is 24.1. The van der Waals surface area contributed by atoms with Crippen LogP contribution < -0.4 is 20.4 Å². The Bertz CT molecular complexity index is 1200. The highest BCUT2D eigenvalue weighted by Gasteiger charge is 2.45. The number of ether oxygens (including phenoxy) is 1. The summed E-state index contributed by atoms with van der Waals surface area (Å²) in [5.41, 5.74) is 4.20. The highest BCUT2D eigenvalue weighted by molar-refractivity contribution is 7.80. The fourth-order valence-corrected chi connectivity index (χ4v) is 3.91. The van der Waals surface area contributed by atoms with Gasteiger partial charge in [-0.3, -0.25) is 24.7 Å². The number of rotatable bonds is 7. The third-order valence-electron chi connectivity index (χ3n) is 5.24. The summed E-state index contributed by atoms with van der Waals surface area (Å²) in [5.74, 6) is -0.657. The molecule has 9 heteroatoms. The molecule has 0 radical (unpaired) electrons. The molecule has 0 spiro atoms. The maximum atomic E-state index is 13.4. The lowest BCUT2D eigenvalue weighted by molar-refractivity contribution is -0.124. The van der Waals surface area contributed by atoms with Crippen LogP contribution in [0.3, 0.4) is 0 Å². The van der Waals surface area contributed by atoms with Gasteiger partial charge in [0.1, 0.15) is 11.8 Å². The minimum Gasteiger partial charge on any atom is -0.497 e. The second-order valence-corrected chi connectivity index (χ2v) is 7.83. The van der Waals surface area contributed by atoms with E-state index in [1.165, 1.54) is 17.0 Å². The number of carbonyl (C=O) groups excluding carboxylic acids is 3. The first-order chi connectivity index (χ1) is 16.5. The molecule has 3 aromatic rings. The second-order valence-electron chi connectivity index (χ2n) is 7.47. The molecule has 3 amide bonds. The summed E-state index contributed by atoms with van der Waals surface area (Å²) in [6, 6.07) is 23.3. The van der Waals surface area contributed by atoms with Gasteiger partial charge in [-0.15, -0.1) is 0 Å². The number of methoxy groups -OCH3 is 1. The average molecular weight is 475 g/mol. The van der Waals surface area contributed by atoms with E-state index in [1.54, 1.807) is 72.8 Å². The van der Waals surface area contributed by atoms with Gasteiger partial charge in [0.25, 0.3) is 11.8 Å². The van der Waals surface area contributed by atoms with E-state index in [-0.39, 0.29) is 17.4 Å². The quantitative estimate of drug-likeness (QED) is 0.511. The zero-order valence-electron chi connectivity index (χ0n) is 18.3. The largest absolute Gasteiger partial charge is 0.497 e. The van der Waals surface area contributed by atoms with Crippen LogP contribution in [-0.4, -0.2) is 41.0 Å². The van der Waals surface area contributed by atoms with Crippen molar-refractivity contribution < 1.29 is 19.1 Å². The molecule has 1 unspecified atom stereocenters. The van der Waals surface area contributed by atoms with Crippen LogP contribution in [0.2, 0.25) is 0 Å². The van der Waals surface area contributed by atoms with Crippen LogP contribution in [0.4, 0.5) is 11.4 Å². The smallest absolute Gasteiger partial charge is 0.269 e. The van der Waals surface area contributed by atoms with Crippen LogP contribution in [0.1, 0.15) is 16.8 Å². The van der Waals surface area contributed by atoms with Gasteiger partial charge in [0.05, 0.1) is 19.2 Å². The van der Waals surface area contributed by atoms with E-state index in [4.69, 9.17) is 17.0 Å². The third-order valence-corrected chi connectivity index (χ3v) is 5.62. The second kappa shape index (κ2) is 10.1. The molecular formula is C25H22N4O4S. The van der Waals surface area contributed by atoms with Crippen molar-refractivity contribution in [3.8, 4) is 5.75 Å². The predicted molar refractivity (Wildman–Crippen MR) is 132 cm³/mol. The molecule has 0 aromatic heterocycles. The number of anilines is 2. The number of nitrogens with zero attached hydrogens (tertiary/aromatic N) is 2. The average Bonchev–Trinajstić information content (AvgIpc) is 3.09. The molecule has 172 valence electrons. The number of hydrogen-bond acceptors (Lipinski definition) is 5. The van der Waals surface area contributed by atoms with Crippen molar-refractivity contribution in [2.45, 2.75) is 12.5 Å². The lowest BCUT2D eigenvalue weighted by Crippen LogP contribution is -2.49. The fraction of sp³-hybridized carbons (Fsp3) is 0.120. The Morgan fingerprint density at radius 1 is 0.941 bits per heavy atom. The highest BCUT2D eigenvalue weighted by atomic mass is 32.1. The lowest BCUT2D eigenvalue weighted by Gasteiger charge is -2.24. The third kappa shape index (κ3) is 4.89. The highest BCUT2D eigenvalue weighted by Crippen LogP contribution is 2.26. The Labute approximate surface area is 202 Å². The minimum absolute atomic E-state index is 0.0792. The lowest BCUT2D eigenvalue weighted by atomic mass is 10.1. The van der Waals surface area contributed by atoms with Crippen molar-refractivity contribution in [3.05, 3.63) is 90.5 Å². The zero-order valence-corrected chi connectivity index (χ0v) is 19.1. The van der Waals surface area contributed by atoms with Gasteiger partial charge in [-0.1, -0.05) is 36.4 Å². The predicted octanol–water partition coefficient (Wildman–Crippen LogP) is 3.37. The molecule has 1 aliphatic heterocycles. The van der Waals surface area contributed by atoms with E-state index in [9.17, 15) is 14.4 Å². The minimum atomic E-state index is -1.02. The first-order valence-electron chi connectivity index (χ1n) is 10.5. The standard InChI is InChI=1S/C25H22N4O4S/c1-33-20-14-12-17(13-15-20)23(31)27-29-21(16-22(30)26-18-8-4-2-5-9-18)24(32)28(25(29)34)19-10-6-3-7-11-19/h2-15,21H,16H2,1H3,(H,26,30)(H,27,31). The van der Waals surface area contributed by atoms with Crippen LogP contribution in [-0.2, 0) is 9.59 Å². The Morgan fingerprint density at radius 3 is 2.18 bits per heavy atom. The molecule has 1 saturated heterocycles. The van der Waals surface area contributed by atoms with Crippen LogP contribution in [0.15, 0.2) is 84.9 Å². The Kier molecular flexibility index (Phi) is 6.84. The molecule has 3 aromatic carbocycles. The van der Waals surface area contributed by atoms with E-state index < -0.39 is 17.9 Å². The van der Waals surface area contributed by atoms with Gasteiger partial charge in [-0.2, -0.15) is 0 Å². The maximum Gasteiger partial charge on any atom is 0.269 e. The summed E-state index contributed by atoms with van der Waals surface area (Å²) in [4.78, 5) is 40.4. The van der Waals surface area contributed by atoms with Crippen LogP contribution in [0.25, 0.3) is 0 Å². The topological polar surface area (TPSA) is 91.0 Å². The molecule has 0 saturated carbocycles. The number of para-hydroxylation sites is 2. The van der Waals surface area contributed by atoms with E-state index in [2.05, 4.69) is 10.7 Å². The molecule has 1 heterocycles. The van der Waals surface area contributed by atoms with Crippen molar-refractivity contribution in [2.24, 2.45) is 0 Å². The molecule has 2 N–H and O–H groups in total. The van der Waals surface area contributed by atoms with Gasteiger partial charge < -0.3 is 10.1 Å². The van der Waals surface area contributed by atoms with Gasteiger partial charge in [0.15, 0.2) is 0 Å². The number of hydrazine groups is 1. The van der Waals surface area contributed by atoms with Crippen LogP contribution in [0, 0.1) is 0 Å². The van der Waals surface area contributed by atoms with Gasteiger partial charge in [-0.25, -0.2) is 5.01 Å². The molecule has 1 fully saturated rings. The number of benzene rings is 3. The Balaban J connectivity index is 1.58. The fourth-order valence-electron chi connectivity index (χ4n) is 3.54. The number of thiocarbonyl (C=S) groups is 1. The van der Waals surface area contributed by atoms with E-state index >= 15 is 0 Å². The Hall–Kier alpha value is -4.24. The molecular weight excluding hydrogens is 452 g/mol. The number of carbonyl (C=O) groups is 3.